The van der Waals surface area contributed by atoms with E-state index in [0.29, 0.717) is 18.4 Å². The van der Waals surface area contributed by atoms with E-state index in [0.717, 1.165) is 45.4 Å². The summed E-state index contributed by atoms with van der Waals surface area (Å²) in [6.07, 6.45) is 3.10. The third-order valence-corrected chi connectivity index (χ3v) is 5.30. The summed E-state index contributed by atoms with van der Waals surface area (Å²) < 4.78 is 0. The molecule has 0 saturated carbocycles. The van der Waals surface area contributed by atoms with E-state index in [1.807, 2.05) is 20.8 Å². The predicted octanol–water partition coefficient (Wildman–Crippen LogP) is 2.44. The van der Waals surface area contributed by atoms with Gasteiger partial charge in [0.15, 0.2) is 5.96 Å². The van der Waals surface area contributed by atoms with E-state index in [1.54, 1.807) is 11.3 Å². The SMILES string of the molecule is CC(C)(C)NC(=O)CN1CCC(CN=C(N)NCCc2cccs2)CC1.I. The third-order valence-electron chi connectivity index (χ3n) is 4.37. The average molecular weight is 507 g/mol. The zero-order chi connectivity index (χ0) is 19.0. The first-order valence-corrected chi connectivity index (χ1v) is 10.3. The van der Waals surface area contributed by atoms with Gasteiger partial charge in [-0.25, -0.2) is 0 Å². The number of nitrogens with two attached hydrogens (primary N) is 1. The first kappa shape index (κ1) is 24.2. The lowest BCUT2D eigenvalue weighted by Crippen LogP contribution is -2.47. The summed E-state index contributed by atoms with van der Waals surface area (Å²) in [6, 6.07) is 4.20. The number of carbonyl (C=O) groups excluding carboxylic acids is 1. The number of rotatable bonds is 7. The first-order valence-electron chi connectivity index (χ1n) is 9.41. The van der Waals surface area contributed by atoms with Crippen molar-refractivity contribution in [3.05, 3.63) is 22.4 Å². The average Bonchev–Trinajstić information content (AvgIpc) is 3.06. The summed E-state index contributed by atoms with van der Waals surface area (Å²) in [5, 5.41) is 8.30. The molecule has 2 rings (SSSR count). The van der Waals surface area contributed by atoms with Crippen LogP contribution in [-0.4, -0.2) is 55.0 Å². The van der Waals surface area contributed by atoms with Crippen molar-refractivity contribution in [2.75, 3.05) is 32.7 Å². The van der Waals surface area contributed by atoms with Gasteiger partial charge >= 0.3 is 0 Å². The van der Waals surface area contributed by atoms with Crippen molar-refractivity contribution in [1.82, 2.24) is 15.5 Å². The fraction of sp³-hybridized carbons (Fsp3) is 0.684. The Morgan fingerprint density at radius 2 is 2.07 bits per heavy atom. The maximum absolute atomic E-state index is 12.0. The van der Waals surface area contributed by atoms with Crippen molar-refractivity contribution >= 4 is 47.2 Å². The number of likely N-dealkylation sites (tertiary alicyclic amines) is 1. The molecule has 8 heteroatoms. The number of hydrogen-bond donors (Lipinski definition) is 3. The van der Waals surface area contributed by atoms with Crippen LogP contribution in [0.25, 0.3) is 0 Å². The predicted molar refractivity (Wildman–Crippen MR) is 125 cm³/mol. The molecule has 1 saturated heterocycles. The molecule has 0 radical (unpaired) electrons. The Bertz CT molecular complexity index is 577. The maximum Gasteiger partial charge on any atom is 0.234 e. The van der Waals surface area contributed by atoms with Crippen LogP contribution >= 0.6 is 35.3 Å². The number of aliphatic imine (C=N–C) groups is 1. The molecule has 0 aromatic carbocycles. The van der Waals surface area contributed by atoms with Crippen LogP contribution in [0.3, 0.4) is 0 Å². The fourth-order valence-electron chi connectivity index (χ4n) is 3.04. The molecule has 0 atom stereocenters. The molecule has 4 N–H and O–H groups in total. The molecule has 6 nitrogen and oxygen atoms in total. The van der Waals surface area contributed by atoms with E-state index in [4.69, 9.17) is 5.73 Å². The summed E-state index contributed by atoms with van der Waals surface area (Å²) in [4.78, 5) is 20.1. The van der Waals surface area contributed by atoms with Crippen LogP contribution in [0.4, 0.5) is 0 Å². The number of piperidine rings is 1. The van der Waals surface area contributed by atoms with Crippen LogP contribution < -0.4 is 16.4 Å². The summed E-state index contributed by atoms with van der Waals surface area (Å²) in [7, 11) is 0. The molecule has 1 aromatic heterocycles. The van der Waals surface area contributed by atoms with Gasteiger partial charge in [-0.1, -0.05) is 6.07 Å². The van der Waals surface area contributed by atoms with Gasteiger partial charge in [0, 0.05) is 23.5 Å². The van der Waals surface area contributed by atoms with E-state index in [9.17, 15) is 4.79 Å². The molecule has 0 aliphatic carbocycles. The fourth-order valence-corrected chi connectivity index (χ4v) is 3.75. The van der Waals surface area contributed by atoms with E-state index >= 15 is 0 Å². The van der Waals surface area contributed by atoms with Crippen molar-refractivity contribution in [2.24, 2.45) is 16.6 Å². The van der Waals surface area contributed by atoms with Gasteiger partial charge < -0.3 is 16.4 Å². The van der Waals surface area contributed by atoms with Crippen molar-refractivity contribution in [3.8, 4) is 0 Å². The van der Waals surface area contributed by atoms with Gasteiger partial charge in [-0.3, -0.25) is 14.7 Å². The largest absolute Gasteiger partial charge is 0.370 e. The van der Waals surface area contributed by atoms with Gasteiger partial charge in [0.05, 0.1) is 6.54 Å². The lowest BCUT2D eigenvalue weighted by Gasteiger charge is -2.31. The van der Waals surface area contributed by atoms with Crippen molar-refractivity contribution in [1.29, 1.82) is 0 Å². The van der Waals surface area contributed by atoms with Crippen molar-refractivity contribution in [3.63, 3.8) is 0 Å². The van der Waals surface area contributed by atoms with Crippen LogP contribution in [-0.2, 0) is 11.2 Å². The second-order valence-corrected chi connectivity index (χ2v) is 9.03. The van der Waals surface area contributed by atoms with E-state index in [2.05, 4.69) is 38.0 Å². The molecule has 1 aliphatic rings. The third kappa shape index (κ3) is 10.3. The van der Waals surface area contributed by atoms with Crippen LogP contribution in [0.2, 0.25) is 0 Å². The van der Waals surface area contributed by atoms with Gasteiger partial charge in [0.1, 0.15) is 0 Å². The monoisotopic (exact) mass is 507 g/mol. The summed E-state index contributed by atoms with van der Waals surface area (Å²) in [5.41, 5.74) is 5.79. The molecule has 154 valence electrons. The number of nitrogens with one attached hydrogen (secondary N) is 2. The quantitative estimate of drug-likeness (QED) is 0.301. The molecule has 1 fully saturated rings. The summed E-state index contributed by atoms with van der Waals surface area (Å²) in [5.74, 6) is 1.19. The van der Waals surface area contributed by atoms with Gasteiger partial charge in [-0.05, 0) is 70.5 Å². The number of guanidine groups is 1. The molecule has 2 heterocycles. The highest BCUT2D eigenvalue weighted by Crippen LogP contribution is 2.17. The number of amides is 1. The Hall–Kier alpha value is -0.870. The Labute approximate surface area is 184 Å². The molecule has 0 unspecified atom stereocenters. The molecule has 1 aliphatic heterocycles. The van der Waals surface area contributed by atoms with Gasteiger partial charge in [-0.2, -0.15) is 0 Å². The normalized spacial score (nSPS) is 16.6. The maximum atomic E-state index is 12.0. The van der Waals surface area contributed by atoms with Crippen LogP contribution in [0.5, 0.6) is 0 Å². The Morgan fingerprint density at radius 3 is 2.67 bits per heavy atom. The minimum atomic E-state index is -0.169. The minimum absolute atomic E-state index is 0. The highest BCUT2D eigenvalue weighted by Gasteiger charge is 2.22. The Kier molecular flexibility index (Phi) is 10.6. The number of thiophene rings is 1. The van der Waals surface area contributed by atoms with Crippen molar-refractivity contribution in [2.45, 2.75) is 45.6 Å². The second-order valence-electron chi connectivity index (χ2n) is 8.00. The highest BCUT2D eigenvalue weighted by atomic mass is 127. The molecular weight excluding hydrogens is 473 g/mol. The van der Waals surface area contributed by atoms with Crippen LogP contribution in [0.15, 0.2) is 22.5 Å². The van der Waals surface area contributed by atoms with E-state index in [1.165, 1.54) is 4.88 Å². The minimum Gasteiger partial charge on any atom is -0.370 e. The lowest BCUT2D eigenvalue weighted by molar-refractivity contribution is -0.124. The number of hydrogen-bond acceptors (Lipinski definition) is 4. The molecule has 1 aromatic rings. The first-order chi connectivity index (χ1) is 12.3. The Balaban J connectivity index is 0.00000364. The number of halogens is 1. The topological polar surface area (TPSA) is 82.8 Å². The van der Waals surface area contributed by atoms with Gasteiger partial charge in [0.25, 0.3) is 0 Å². The van der Waals surface area contributed by atoms with Gasteiger partial charge in [-0.15, -0.1) is 35.3 Å². The van der Waals surface area contributed by atoms with Crippen LogP contribution in [0, 0.1) is 5.92 Å². The molecule has 0 spiro atoms. The van der Waals surface area contributed by atoms with Crippen molar-refractivity contribution < 1.29 is 4.79 Å². The standard InChI is InChI=1S/C19H33N5OS.HI/c1-19(2,3)23-17(25)14-24-10-7-15(8-11-24)13-22-18(20)21-9-6-16-5-4-12-26-16;/h4-5,12,15H,6-11,13-14H2,1-3H3,(H,23,25)(H3,20,21,22);1H. The van der Waals surface area contributed by atoms with E-state index in [-0.39, 0.29) is 35.4 Å². The zero-order valence-electron chi connectivity index (χ0n) is 16.7. The molecule has 27 heavy (non-hydrogen) atoms. The smallest absolute Gasteiger partial charge is 0.234 e. The summed E-state index contributed by atoms with van der Waals surface area (Å²) >= 11 is 1.76. The van der Waals surface area contributed by atoms with Gasteiger partial charge in [0.2, 0.25) is 5.91 Å². The lowest BCUT2D eigenvalue weighted by atomic mass is 9.97. The molecule has 1 amide bonds. The highest BCUT2D eigenvalue weighted by molar-refractivity contribution is 14.0. The zero-order valence-corrected chi connectivity index (χ0v) is 19.8. The molecular formula is C19H34IN5OS. The number of nitrogens with zero attached hydrogens (tertiary/aromatic N) is 2. The Morgan fingerprint density at radius 1 is 1.37 bits per heavy atom. The molecule has 0 bridgehead atoms. The second kappa shape index (κ2) is 11.9. The number of carbonyl (C=O) groups is 1. The van der Waals surface area contributed by atoms with Crippen LogP contribution in [0.1, 0.15) is 38.5 Å². The van der Waals surface area contributed by atoms with E-state index < -0.39 is 0 Å². The summed E-state index contributed by atoms with van der Waals surface area (Å²) in [6.45, 7) is 9.99.